The first kappa shape index (κ1) is 25.8. The lowest BCUT2D eigenvalue weighted by atomic mass is 9.94. The summed E-state index contributed by atoms with van der Waals surface area (Å²) in [7, 11) is -3.19. The maximum atomic E-state index is 12.6. The molecule has 5 rings (SSSR count). The lowest BCUT2D eigenvalue weighted by Gasteiger charge is -2.27. The van der Waals surface area contributed by atoms with Crippen LogP contribution in [0.5, 0.6) is 0 Å². The Morgan fingerprint density at radius 2 is 2.14 bits per heavy atom. The molecule has 2 unspecified atom stereocenters. The molecule has 37 heavy (non-hydrogen) atoms. The molecule has 0 N–H and O–H groups in total. The van der Waals surface area contributed by atoms with Crippen LogP contribution in [0, 0.1) is 11.3 Å². The van der Waals surface area contributed by atoms with Crippen molar-refractivity contribution in [2.45, 2.75) is 62.3 Å². The quantitative estimate of drug-likeness (QED) is 0.390. The number of thiophene rings is 1. The number of sulfone groups is 1. The minimum atomic E-state index is -3.19. The van der Waals surface area contributed by atoms with E-state index >= 15 is 0 Å². The molecule has 8 nitrogen and oxygen atoms in total. The molecule has 10 heteroatoms. The summed E-state index contributed by atoms with van der Waals surface area (Å²) < 4.78 is 34.6. The van der Waals surface area contributed by atoms with Crippen molar-refractivity contribution in [3.63, 3.8) is 0 Å². The molecule has 0 spiro atoms. The van der Waals surface area contributed by atoms with E-state index in [-0.39, 0.29) is 18.2 Å². The van der Waals surface area contributed by atoms with Crippen LogP contribution in [0.2, 0.25) is 0 Å². The zero-order valence-corrected chi connectivity index (χ0v) is 22.7. The molecule has 0 bridgehead atoms. The van der Waals surface area contributed by atoms with E-state index in [4.69, 9.17) is 9.73 Å². The molecule has 0 amide bonds. The summed E-state index contributed by atoms with van der Waals surface area (Å²) in [6.07, 6.45) is 9.20. The predicted molar refractivity (Wildman–Crippen MR) is 146 cm³/mol. The fourth-order valence-corrected chi connectivity index (χ4v) is 8.06. The highest BCUT2D eigenvalue weighted by molar-refractivity contribution is 7.92. The Labute approximate surface area is 222 Å². The average Bonchev–Trinajstić information content (AvgIpc) is 3.66. The standard InChI is InChI=1S/C27H32N5O3S2/c1-4-37(33,34)22-5-9-27(16-22,10-11-28)32-18-20(17-29-32)25-26-23(8-14-36-26)19(2)15-24(30-25)31(3)21-6-12-35-13-7-21/h8,14-15,17-18,21-22H,2-7,9-10,12-13,16H2,1H3/q+1. The molecule has 194 valence electrons. The van der Waals surface area contributed by atoms with Gasteiger partial charge >= 0.3 is 5.82 Å². The van der Waals surface area contributed by atoms with Crippen LogP contribution in [0.25, 0.3) is 5.57 Å². The Morgan fingerprint density at radius 3 is 2.86 bits per heavy atom. The second-order valence-electron chi connectivity index (χ2n) is 10.0. The summed E-state index contributed by atoms with van der Waals surface area (Å²) in [4.78, 5) is 6.10. The maximum Gasteiger partial charge on any atom is 0.324 e. The Hall–Kier alpha value is -2.87. The fourth-order valence-electron chi connectivity index (χ4n) is 5.60. The number of nitriles is 1. The molecular formula is C27H32N5O3S2+. The van der Waals surface area contributed by atoms with Crippen LogP contribution in [0.3, 0.4) is 0 Å². The lowest BCUT2D eigenvalue weighted by Crippen LogP contribution is -2.33. The van der Waals surface area contributed by atoms with Gasteiger partial charge in [0.2, 0.25) is 5.71 Å². The monoisotopic (exact) mass is 538 g/mol. The Kier molecular flexibility index (Phi) is 7.05. The van der Waals surface area contributed by atoms with E-state index in [0.29, 0.717) is 32.5 Å². The molecule has 3 aliphatic rings. The first-order valence-electron chi connectivity index (χ1n) is 12.7. The second-order valence-corrected chi connectivity index (χ2v) is 13.5. The second kappa shape index (κ2) is 10.1. The van der Waals surface area contributed by atoms with Gasteiger partial charge in [-0.25, -0.2) is 13.0 Å². The fraction of sp³-hybridized carbons (Fsp3) is 0.481. The Balaban J connectivity index is 1.53. The molecule has 1 saturated carbocycles. The van der Waals surface area contributed by atoms with E-state index in [9.17, 15) is 13.7 Å². The van der Waals surface area contributed by atoms with Gasteiger partial charge in [0.1, 0.15) is 6.04 Å². The number of aromatic nitrogens is 2. The highest BCUT2D eigenvalue weighted by atomic mass is 32.2. The van der Waals surface area contributed by atoms with Gasteiger partial charge in [0.25, 0.3) is 0 Å². The Morgan fingerprint density at radius 1 is 1.35 bits per heavy atom. The number of hydrogen-bond donors (Lipinski definition) is 0. The van der Waals surface area contributed by atoms with Crippen LogP contribution < -0.4 is 0 Å². The third-order valence-corrected chi connectivity index (χ3v) is 11.0. The first-order valence-corrected chi connectivity index (χ1v) is 15.3. The molecular weight excluding hydrogens is 506 g/mol. The van der Waals surface area contributed by atoms with Gasteiger partial charge in [-0.15, -0.1) is 11.3 Å². The summed E-state index contributed by atoms with van der Waals surface area (Å²) >= 11 is 1.60. The molecule has 1 saturated heterocycles. The van der Waals surface area contributed by atoms with Crippen molar-refractivity contribution in [2.24, 2.45) is 4.99 Å². The molecule has 2 aliphatic heterocycles. The number of ether oxygens (including phenoxy) is 1. The van der Waals surface area contributed by atoms with Crippen molar-refractivity contribution in [2.75, 3.05) is 19.0 Å². The first-order chi connectivity index (χ1) is 17.8. The topological polar surface area (TPSA) is 100 Å². The Bertz CT molecular complexity index is 1440. The number of nitrogens with zero attached hydrogens (tertiary/aromatic N) is 5. The summed E-state index contributed by atoms with van der Waals surface area (Å²) in [5.74, 6) is 0.848. The van der Waals surface area contributed by atoms with Crippen molar-refractivity contribution in [3.05, 3.63) is 58.3 Å². The third-order valence-electron chi connectivity index (χ3n) is 7.88. The maximum absolute atomic E-state index is 12.6. The minimum Gasteiger partial charge on any atom is -0.381 e. The number of hydrogen-bond acceptors (Lipinski definition) is 7. The van der Waals surface area contributed by atoms with Crippen molar-refractivity contribution >= 4 is 39.2 Å². The van der Waals surface area contributed by atoms with Crippen molar-refractivity contribution in [3.8, 4) is 6.07 Å². The van der Waals surface area contributed by atoms with Crippen molar-refractivity contribution in [1.82, 2.24) is 9.78 Å². The van der Waals surface area contributed by atoms with Gasteiger partial charge in [-0.3, -0.25) is 4.68 Å². The van der Waals surface area contributed by atoms with E-state index in [0.717, 1.165) is 46.0 Å². The minimum absolute atomic E-state index is 0.107. The van der Waals surface area contributed by atoms with Crippen LogP contribution in [0.4, 0.5) is 0 Å². The van der Waals surface area contributed by atoms with E-state index in [2.05, 4.69) is 30.5 Å². The lowest BCUT2D eigenvalue weighted by molar-refractivity contribution is -0.518. The molecule has 4 heterocycles. The number of aliphatic imine (C=N–C) groups is 1. The van der Waals surface area contributed by atoms with Gasteiger partial charge in [-0.1, -0.05) is 13.5 Å². The predicted octanol–water partition coefficient (Wildman–Crippen LogP) is 4.14. The molecule has 2 fully saturated rings. The van der Waals surface area contributed by atoms with Crippen LogP contribution in [0.1, 0.15) is 61.5 Å². The van der Waals surface area contributed by atoms with Crippen LogP contribution in [-0.4, -0.2) is 65.5 Å². The highest BCUT2D eigenvalue weighted by Gasteiger charge is 2.46. The molecule has 1 aliphatic carbocycles. The highest BCUT2D eigenvalue weighted by Crippen LogP contribution is 2.42. The molecule has 2 aromatic rings. The zero-order chi connectivity index (χ0) is 26.2. The van der Waals surface area contributed by atoms with Crippen molar-refractivity contribution < 1.29 is 17.7 Å². The van der Waals surface area contributed by atoms with E-state index < -0.39 is 20.6 Å². The number of rotatable bonds is 7. The SMILES string of the molecule is C=C1C=C([N+](=C)C2CCOCC2)N=C(c2cnn(C3(CC#N)CCC(S(=O)(=O)CC)C3)c2)c2sccc21. The van der Waals surface area contributed by atoms with Crippen LogP contribution in [-0.2, 0) is 20.1 Å². The zero-order valence-electron chi connectivity index (χ0n) is 21.1. The van der Waals surface area contributed by atoms with Crippen LogP contribution >= 0.6 is 11.3 Å². The summed E-state index contributed by atoms with van der Waals surface area (Å²) in [6.45, 7) is 11.7. The average molecular weight is 539 g/mol. The van der Waals surface area contributed by atoms with Gasteiger partial charge in [-0.05, 0) is 41.3 Å². The molecule has 2 aromatic heterocycles. The van der Waals surface area contributed by atoms with Gasteiger partial charge in [0, 0.05) is 36.4 Å². The van der Waals surface area contributed by atoms with Gasteiger partial charge in [-0.2, -0.15) is 10.4 Å². The summed E-state index contributed by atoms with van der Waals surface area (Å²) in [5.41, 5.74) is 2.86. The summed E-state index contributed by atoms with van der Waals surface area (Å²) in [6, 6.07) is 4.57. The number of allylic oxidation sites excluding steroid dienone is 2. The molecule has 0 radical (unpaired) electrons. The van der Waals surface area contributed by atoms with E-state index in [1.54, 1.807) is 24.5 Å². The number of fused-ring (bicyclic) bond motifs is 1. The third kappa shape index (κ3) is 4.76. The van der Waals surface area contributed by atoms with E-state index in [1.807, 2.05) is 26.9 Å². The van der Waals surface area contributed by atoms with Gasteiger partial charge in [0.15, 0.2) is 9.84 Å². The molecule has 0 aromatic carbocycles. The summed E-state index contributed by atoms with van der Waals surface area (Å²) in [5, 5.41) is 15.9. The molecule has 2 atom stereocenters. The van der Waals surface area contributed by atoms with Gasteiger partial charge < -0.3 is 4.74 Å². The normalized spacial score (nSPS) is 24.6. The smallest absolute Gasteiger partial charge is 0.324 e. The van der Waals surface area contributed by atoms with Gasteiger partial charge in [0.05, 0.1) is 59.8 Å². The van der Waals surface area contributed by atoms with E-state index in [1.165, 1.54) is 0 Å². The van der Waals surface area contributed by atoms with Crippen molar-refractivity contribution in [1.29, 1.82) is 5.26 Å². The van der Waals surface area contributed by atoms with Crippen LogP contribution in [0.15, 0.2) is 47.3 Å². The largest absolute Gasteiger partial charge is 0.381 e.